The Morgan fingerprint density at radius 3 is 2.42 bits per heavy atom. The van der Waals surface area contributed by atoms with Gasteiger partial charge in [0.25, 0.3) is 24.2 Å². The highest BCUT2D eigenvalue weighted by Crippen LogP contribution is 2.09. The molecule has 1 aliphatic heterocycles. The molecule has 3 amide bonds. The second kappa shape index (κ2) is 16.9. The molecule has 3 rings (SSSR count). The van der Waals surface area contributed by atoms with Crippen LogP contribution in [0.1, 0.15) is 52.9 Å². The molecule has 38 heavy (non-hydrogen) atoms. The summed E-state index contributed by atoms with van der Waals surface area (Å²) in [6.45, 7) is 8.05. The summed E-state index contributed by atoms with van der Waals surface area (Å²) in [4.78, 5) is 54.1. The van der Waals surface area contributed by atoms with Crippen LogP contribution in [0.25, 0.3) is 0 Å². The molecular formula is C27H32FN5O5. The highest BCUT2D eigenvalue weighted by atomic mass is 19.1. The molecule has 2 aromatic rings. The van der Waals surface area contributed by atoms with Gasteiger partial charge >= 0.3 is 0 Å². The summed E-state index contributed by atoms with van der Waals surface area (Å²) in [7, 11) is 1.31. The summed E-state index contributed by atoms with van der Waals surface area (Å²) in [5.41, 5.74) is 2.05. The highest BCUT2D eigenvalue weighted by molar-refractivity contribution is 5.99. The molecule has 1 aromatic carbocycles. The van der Waals surface area contributed by atoms with Crippen molar-refractivity contribution in [1.82, 2.24) is 25.9 Å². The van der Waals surface area contributed by atoms with Crippen LogP contribution in [0, 0.1) is 12.7 Å². The maximum atomic E-state index is 13.4. The molecule has 0 bridgehead atoms. The number of ether oxygens (including phenoxy) is 1. The summed E-state index contributed by atoms with van der Waals surface area (Å²) in [5.74, 6) is -1.90. The highest BCUT2D eigenvalue weighted by Gasteiger charge is 2.20. The van der Waals surface area contributed by atoms with Crippen molar-refractivity contribution < 1.29 is 28.3 Å². The van der Waals surface area contributed by atoms with E-state index < -0.39 is 23.8 Å². The lowest BCUT2D eigenvalue weighted by molar-refractivity contribution is -0.126. The Morgan fingerprint density at radius 1 is 1.13 bits per heavy atom. The lowest BCUT2D eigenvalue weighted by Crippen LogP contribution is -2.44. The molecule has 1 atom stereocenters. The number of methoxy groups -OCH3 is 1. The summed E-state index contributed by atoms with van der Waals surface area (Å²) in [5, 5.41) is 7.83. The van der Waals surface area contributed by atoms with Crippen molar-refractivity contribution in [2.75, 3.05) is 7.11 Å². The van der Waals surface area contributed by atoms with Gasteiger partial charge in [0.15, 0.2) is 0 Å². The molecule has 0 spiro atoms. The quantitative estimate of drug-likeness (QED) is 0.493. The molecule has 0 radical (unpaired) electrons. The van der Waals surface area contributed by atoms with E-state index in [1.165, 1.54) is 25.4 Å². The lowest BCUT2D eigenvalue weighted by Gasteiger charge is -2.13. The molecule has 10 nitrogen and oxygen atoms in total. The third-order valence-corrected chi connectivity index (χ3v) is 4.71. The third kappa shape index (κ3) is 10.5. The van der Waals surface area contributed by atoms with E-state index >= 15 is 0 Å². The van der Waals surface area contributed by atoms with Gasteiger partial charge in [-0.15, -0.1) is 0 Å². The fraction of sp³-hybridized carbons (Fsp3) is 0.259. The van der Waals surface area contributed by atoms with Crippen molar-refractivity contribution in [3.05, 3.63) is 95.0 Å². The van der Waals surface area contributed by atoms with Gasteiger partial charge < -0.3 is 20.7 Å². The lowest BCUT2D eigenvalue weighted by atomic mass is 10.1. The van der Waals surface area contributed by atoms with E-state index in [9.17, 15) is 18.8 Å². The number of benzene rings is 1. The Bertz CT molecular complexity index is 1210. The summed E-state index contributed by atoms with van der Waals surface area (Å²) < 4.78 is 17.2. The minimum atomic E-state index is -0.928. The van der Waals surface area contributed by atoms with Gasteiger partial charge in [-0.1, -0.05) is 44.2 Å². The SMILES string of the molecule is CC.CC1=C/C=C/C(NC(=O)c2cc(C(=O)NCc3ccc(F)c(C)c3)ncn2)C(=O)N\C=C\1.COC=O. The average molecular weight is 526 g/mol. The number of allylic oxidation sites excluding steroid dienone is 4. The van der Waals surface area contributed by atoms with Crippen molar-refractivity contribution in [3.63, 3.8) is 0 Å². The number of rotatable bonds is 6. The van der Waals surface area contributed by atoms with Gasteiger partial charge in [0.05, 0.1) is 7.11 Å². The predicted octanol–water partition coefficient (Wildman–Crippen LogP) is 2.91. The maximum absolute atomic E-state index is 13.4. The van der Waals surface area contributed by atoms with E-state index in [0.29, 0.717) is 12.0 Å². The minimum absolute atomic E-state index is 0.0139. The van der Waals surface area contributed by atoms with Crippen molar-refractivity contribution >= 4 is 24.2 Å². The number of nitrogens with zero attached hydrogens (tertiary/aromatic N) is 2. The van der Waals surface area contributed by atoms with Gasteiger partial charge in [-0.25, -0.2) is 14.4 Å². The molecule has 2 heterocycles. The first-order valence-corrected chi connectivity index (χ1v) is 11.7. The number of amides is 3. The van der Waals surface area contributed by atoms with Crippen LogP contribution in [0.15, 0.2) is 66.7 Å². The van der Waals surface area contributed by atoms with E-state index in [1.54, 1.807) is 43.4 Å². The Labute approximate surface area is 221 Å². The first-order valence-electron chi connectivity index (χ1n) is 11.7. The van der Waals surface area contributed by atoms with Crippen LogP contribution in [-0.4, -0.2) is 47.3 Å². The standard InChI is InChI=1S/C23H22FN5O3.C2H4O2.C2H6/c1-14-4-3-5-18(21(30)25-9-8-14)29-23(32)20-11-19(27-13-28-20)22(31)26-12-16-6-7-17(24)15(2)10-16;1-4-2-3;1-2/h3-11,13,18H,12H2,1-2H3,(H,25,30)(H,26,31)(H,29,32);2H,1H3;1-2H3/b5-3+,9-8+,14-4-;;. The average Bonchev–Trinajstić information content (AvgIpc) is 3.01. The van der Waals surface area contributed by atoms with Crippen LogP contribution in [-0.2, 0) is 20.9 Å². The van der Waals surface area contributed by atoms with Crippen molar-refractivity contribution in [2.45, 2.75) is 40.3 Å². The number of carbonyl (C=O) groups is 4. The monoisotopic (exact) mass is 525 g/mol. The topological polar surface area (TPSA) is 139 Å². The van der Waals surface area contributed by atoms with Crippen LogP contribution in [0.2, 0.25) is 0 Å². The van der Waals surface area contributed by atoms with Crippen LogP contribution in [0.4, 0.5) is 4.39 Å². The summed E-state index contributed by atoms with van der Waals surface area (Å²) >= 11 is 0. The first kappa shape index (κ1) is 31.4. The zero-order valence-corrected chi connectivity index (χ0v) is 21.9. The fourth-order valence-electron chi connectivity index (χ4n) is 2.83. The van der Waals surface area contributed by atoms with E-state index in [4.69, 9.17) is 4.79 Å². The third-order valence-electron chi connectivity index (χ3n) is 4.71. The Morgan fingerprint density at radius 2 is 1.79 bits per heavy atom. The first-order chi connectivity index (χ1) is 18.2. The van der Waals surface area contributed by atoms with Crippen molar-refractivity contribution in [3.8, 4) is 0 Å². The fourth-order valence-corrected chi connectivity index (χ4v) is 2.83. The van der Waals surface area contributed by atoms with Gasteiger partial charge in [0.1, 0.15) is 29.6 Å². The number of carbonyl (C=O) groups excluding carboxylic acids is 4. The van der Waals surface area contributed by atoms with Gasteiger partial charge in [-0.05, 0) is 42.7 Å². The number of aromatic nitrogens is 2. The van der Waals surface area contributed by atoms with E-state index in [1.807, 2.05) is 20.8 Å². The Balaban J connectivity index is 0.00000110. The zero-order valence-electron chi connectivity index (χ0n) is 21.9. The molecule has 0 saturated carbocycles. The molecule has 202 valence electrons. The second-order valence-corrected chi connectivity index (χ2v) is 7.48. The summed E-state index contributed by atoms with van der Waals surface area (Å²) in [6, 6.07) is 4.85. The number of hydrogen-bond donors (Lipinski definition) is 3. The summed E-state index contributed by atoms with van der Waals surface area (Å²) in [6.07, 6.45) is 9.34. The molecule has 1 aromatic heterocycles. The van der Waals surface area contributed by atoms with Crippen LogP contribution >= 0.6 is 0 Å². The minimum Gasteiger partial charge on any atom is -0.471 e. The predicted molar refractivity (Wildman–Crippen MR) is 140 cm³/mol. The number of nitrogens with one attached hydrogen (secondary N) is 3. The molecule has 0 saturated heterocycles. The molecule has 3 N–H and O–H groups in total. The van der Waals surface area contributed by atoms with Crippen LogP contribution < -0.4 is 16.0 Å². The molecular weight excluding hydrogens is 493 g/mol. The Kier molecular flexibility index (Phi) is 13.9. The normalized spacial score (nSPS) is 16.9. The van der Waals surface area contributed by atoms with E-state index in [2.05, 4.69) is 30.7 Å². The Hall–Kier alpha value is -4.67. The van der Waals surface area contributed by atoms with Crippen LogP contribution in [0.3, 0.4) is 0 Å². The maximum Gasteiger partial charge on any atom is 0.292 e. The number of halogens is 1. The van der Waals surface area contributed by atoms with Gasteiger partial charge in [-0.2, -0.15) is 0 Å². The largest absolute Gasteiger partial charge is 0.471 e. The van der Waals surface area contributed by atoms with Crippen molar-refractivity contribution in [2.24, 2.45) is 0 Å². The molecule has 1 unspecified atom stereocenters. The molecule has 0 fully saturated rings. The smallest absolute Gasteiger partial charge is 0.292 e. The molecule has 11 heteroatoms. The number of hydrogen-bond acceptors (Lipinski definition) is 7. The van der Waals surface area contributed by atoms with Gasteiger partial charge in [-0.3, -0.25) is 19.2 Å². The zero-order chi connectivity index (χ0) is 28.5. The number of aryl methyl sites for hydroxylation is 1. The van der Waals surface area contributed by atoms with Crippen LogP contribution in [0.5, 0.6) is 0 Å². The van der Waals surface area contributed by atoms with E-state index in [-0.39, 0.29) is 23.7 Å². The van der Waals surface area contributed by atoms with Crippen molar-refractivity contribution in [1.29, 1.82) is 0 Å². The van der Waals surface area contributed by atoms with Gasteiger partial charge in [0.2, 0.25) is 0 Å². The molecule has 0 aliphatic carbocycles. The second-order valence-electron chi connectivity index (χ2n) is 7.48. The molecule has 1 aliphatic rings. The van der Waals surface area contributed by atoms with E-state index in [0.717, 1.165) is 17.5 Å². The van der Waals surface area contributed by atoms with Gasteiger partial charge in [0, 0.05) is 18.8 Å².